The maximum absolute atomic E-state index is 13.5. The average molecular weight is 697 g/mol. The molecule has 0 spiro atoms. The monoisotopic (exact) mass is 696 g/mol. The topological polar surface area (TPSA) is 330 Å². The number of nitrogens with zero attached hydrogens (tertiary/aromatic N) is 1. The molecule has 276 valence electrons. The van der Waals surface area contributed by atoms with Gasteiger partial charge in [0.1, 0.15) is 30.2 Å². The van der Waals surface area contributed by atoms with E-state index in [0.717, 1.165) is 6.42 Å². The minimum absolute atomic E-state index is 0.00835. The zero-order valence-electron chi connectivity index (χ0n) is 28.0. The molecule has 0 aromatic heterocycles. The van der Waals surface area contributed by atoms with E-state index in [2.05, 4.69) is 37.2 Å². The number of hydrogen-bond donors (Lipinski definition) is 13. The molecular weight excluding hydrogens is 644 g/mol. The molecule has 0 radical (unpaired) electrons. The number of carbonyl (C=O) groups excluding carboxylic acids is 5. The quantitative estimate of drug-likeness (QED) is 0.0346. The smallest absolute Gasteiger partial charge is 0.326 e. The third-order valence-corrected chi connectivity index (χ3v) is 8.22. The highest BCUT2D eigenvalue weighted by molar-refractivity contribution is 5.96. The second-order valence-corrected chi connectivity index (χ2v) is 12.2. The van der Waals surface area contributed by atoms with Gasteiger partial charge < -0.3 is 63.8 Å². The van der Waals surface area contributed by atoms with Crippen LogP contribution in [0, 0.1) is 10.8 Å². The minimum atomic E-state index is -1.59. The van der Waals surface area contributed by atoms with Gasteiger partial charge in [0.25, 0.3) is 0 Å². The fourth-order valence-electron chi connectivity index (χ4n) is 5.61. The highest BCUT2D eigenvalue weighted by Crippen LogP contribution is 2.19. The average Bonchev–Trinajstić information content (AvgIpc) is 3.75. The maximum Gasteiger partial charge on any atom is 0.326 e. The molecule has 15 N–H and O–H groups in total. The van der Waals surface area contributed by atoms with Crippen molar-refractivity contribution < 1.29 is 39.0 Å². The van der Waals surface area contributed by atoms with Crippen molar-refractivity contribution in [3.63, 3.8) is 0 Å². The molecule has 0 aromatic rings. The van der Waals surface area contributed by atoms with Crippen LogP contribution in [0.15, 0.2) is 0 Å². The van der Waals surface area contributed by atoms with E-state index in [4.69, 9.17) is 22.3 Å². The van der Waals surface area contributed by atoms with Crippen LogP contribution in [0.25, 0.3) is 0 Å². The normalized spacial score (nSPS) is 20.1. The molecule has 2 fully saturated rings. The Bertz CT molecular complexity index is 1210. The van der Waals surface area contributed by atoms with Crippen molar-refractivity contribution in [2.75, 3.05) is 26.2 Å². The summed E-state index contributed by atoms with van der Waals surface area (Å²) in [7, 11) is 0. The summed E-state index contributed by atoms with van der Waals surface area (Å²) in [5.41, 5.74) is 10.6. The first kappa shape index (κ1) is 40.5. The molecule has 49 heavy (non-hydrogen) atoms. The number of carbonyl (C=O) groups is 6. The summed E-state index contributed by atoms with van der Waals surface area (Å²) >= 11 is 0. The lowest BCUT2D eigenvalue weighted by Gasteiger charge is -2.30. The van der Waals surface area contributed by atoms with Crippen molar-refractivity contribution in [3.8, 4) is 0 Å². The first-order valence-corrected chi connectivity index (χ1v) is 16.4. The standard InChI is InChI=1S/C29H52N12O8/c1-15(37-22(43)17-7-3-11-34-17)26(47)41-14-6-10-20(41)24(45)38-18(8-4-12-35-28(30)31)23(44)40-21(16(2)42)25(46)39-19(27(48)49)9-5-13-36-29(32)33/h15-21,34,42H,3-14H2,1-2H3,(H,37,43)(H,38,45)(H,39,46)(H,40,44)(H,48,49)(H4,30,31,35)(H4,32,33,36)/t15-,16+,17-,18-,19-,20-,21-/m0/s1. The van der Waals surface area contributed by atoms with Crippen molar-refractivity contribution in [2.45, 2.75) is 108 Å². The van der Waals surface area contributed by atoms with Gasteiger partial charge in [-0.05, 0) is 71.8 Å². The molecule has 2 heterocycles. The Morgan fingerprint density at radius 1 is 0.837 bits per heavy atom. The molecule has 0 aromatic carbocycles. The maximum atomic E-state index is 13.5. The number of likely N-dealkylation sites (tertiary alicyclic amines) is 1. The molecule has 0 unspecified atom stereocenters. The first-order valence-electron chi connectivity index (χ1n) is 16.4. The van der Waals surface area contributed by atoms with Crippen LogP contribution in [0.3, 0.4) is 0 Å². The van der Waals surface area contributed by atoms with Gasteiger partial charge in [0, 0.05) is 19.6 Å². The van der Waals surface area contributed by atoms with Crippen molar-refractivity contribution in [1.82, 2.24) is 42.1 Å². The Kier molecular flexibility index (Phi) is 16.5. The summed E-state index contributed by atoms with van der Waals surface area (Å²) in [4.78, 5) is 79.1. The molecule has 7 atom stereocenters. The van der Waals surface area contributed by atoms with E-state index in [9.17, 15) is 39.0 Å². The van der Waals surface area contributed by atoms with Gasteiger partial charge in [-0.15, -0.1) is 0 Å². The van der Waals surface area contributed by atoms with Crippen molar-refractivity contribution >= 4 is 47.4 Å². The fourth-order valence-corrected chi connectivity index (χ4v) is 5.61. The van der Waals surface area contributed by atoms with E-state index in [1.165, 1.54) is 11.8 Å². The van der Waals surface area contributed by atoms with Crippen LogP contribution in [0.1, 0.15) is 65.2 Å². The van der Waals surface area contributed by atoms with Gasteiger partial charge >= 0.3 is 5.97 Å². The second kappa shape index (κ2) is 19.9. The molecule has 20 nitrogen and oxygen atoms in total. The van der Waals surface area contributed by atoms with Gasteiger partial charge in [0.2, 0.25) is 29.5 Å². The summed E-state index contributed by atoms with van der Waals surface area (Å²) in [6, 6.07) is -6.45. The third kappa shape index (κ3) is 13.4. The number of aliphatic carboxylic acids is 1. The van der Waals surface area contributed by atoms with E-state index in [1.54, 1.807) is 6.92 Å². The lowest BCUT2D eigenvalue weighted by atomic mass is 10.1. The molecule has 0 saturated carbocycles. The number of nitrogens with one attached hydrogen (secondary N) is 9. The van der Waals surface area contributed by atoms with E-state index < -0.39 is 65.9 Å². The Morgan fingerprint density at radius 2 is 1.45 bits per heavy atom. The summed E-state index contributed by atoms with van der Waals surface area (Å²) in [5.74, 6) is -5.16. The largest absolute Gasteiger partial charge is 0.480 e. The molecule has 2 saturated heterocycles. The number of rotatable bonds is 19. The fraction of sp³-hybridized carbons (Fsp3) is 0.724. The number of amides is 5. The number of guanidine groups is 2. The highest BCUT2D eigenvalue weighted by atomic mass is 16.4. The van der Waals surface area contributed by atoms with Gasteiger partial charge in [0.05, 0.1) is 12.1 Å². The molecule has 2 aliphatic rings. The van der Waals surface area contributed by atoms with Crippen LogP contribution in [0.2, 0.25) is 0 Å². The Labute approximate surface area is 284 Å². The van der Waals surface area contributed by atoms with Crippen molar-refractivity contribution in [1.29, 1.82) is 10.8 Å². The second-order valence-electron chi connectivity index (χ2n) is 12.2. The van der Waals surface area contributed by atoms with Crippen LogP contribution >= 0.6 is 0 Å². The molecule has 2 rings (SSSR count). The lowest BCUT2D eigenvalue weighted by Crippen LogP contribution is -2.60. The van der Waals surface area contributed by atoms with Crippen LogP contribution in [0.4, 0.5) is 0 Å². The highest BCUT2D eigenvalue weighted by Gasteiger charge is 2.39. The molecule has 20 heteroatoms. The third-order valence-electron chi connectivity index (χ3n) is 8.22. The summed E-state index contributed by atoms with van der Waals surface area (Å²) in [6.07, 6.45) is 1.29. The predicted molar refractivity (Wildman–Crippen MR) is 177 cm³/mol. The molecule has 5 amide bonds. The van der Waals surface area contributed by atoms with Crippen LogP contribution < -0.4 is 48.7 Å². The molecule has 0 aliphatic carbocycles. The van der Waals surface area contributed by atoms with Gasteiger partial charge in [-0.1, -0.05) is 0 Å². The predicted octanol–water partition coefficient (Wildman–Crippen LogP) is -4.32. The van der Waals surface area contributed by atoms with Crippen LogP contribution in [-0.2, 0) is 28.8 Å². The van der Waals surface area contributed by atoms with E-state index in [-0.39, 0.29) is 69.2 Å². The van der Waals surface area contributed by atoms with Crippen LogP contribution in [-0.4, -0.2) is 131 Å². The van der Waals surface area contributed by atoms with Crippen LogP contribution in [0.5, 0.6) is 0 Å². The van der Waals surface area contributed by atoms with E-state index in [0.29, 0.717) is 25.8 Å². The van der Waals surface area contributed by atoms with E-state index in [1.807, 2.05) is 0 Å². The summed E-state index contributed by atoms with van der Waals surface area (Å²) in [5, 5.41) is 52.7. The molecule has 0 bridgehead atoms. The summed E-state index contributed by atoms with van der Waals surface area (Å²) < 4.78 is 0. The number of aliphatic hydroxyl groups excluding tert-OH is 1. The van der Waals surface area contributed by atoms with Crippen molar-refractivity contribution in [2.24, 2.45) is 11.5 Å². The SMILES string of the molecule is C[C@H](NC(=O)[C@@H]1CCCN1)C(=O)N1CCC[C@H]1C(=O)N[C@@H](CCCNC(=N)N)C(=O)N[C@H](C(=O)N[C@@H](CCCNC(=N)N)C(=O)O)[C@@H](C)O. The number of aliphatic hydroxyl groups is 1. The lowest BCUT2D eigenvalue weighted by molar-refractivity contribution is -0.143. The van der Waals surface area contributed by atoms with Gasteiger partial charge in [-0.3, -0.25) is 34.8 Å². The zero-order valence-corrected chi connectivity index (χ0v) is 28.0. The number of hydrogen-bond acceptors (Lipinski definition) is 10. The number of carboxylic acid groups (broad SMARTS) is 1. The Hall–Kier alpha value is -4.72. The Balaban J connectivity index is 2.13. The summed E-state index contributed by atoms with van der Waals surface area (Å²) in [6.45, 7) is 4.10. The van der Waals surface area contributed by atoms with Gasteiger partial charge in [-0.25, -0.2) is 4.79 Å². The first-order chi connectivity index (χ1) is 23.1. The van der Waals surface area contributed by atoms with Gasteiger partial charge in [-0.2, -0.15) is 0 Å². The number of nitrogens with two attached hydrogens (primary N) is 2. The molecule has 2 aliphatic heterocycles. The van der Waals surface area contributed by atoms with Gasteiger partial charge in [0.15, 0.2) is 11.9 Å². The Morgan fingerprint density at radius 3 is 1.98 bits per heavy atom. The zero-order chi connectivity index (χ0) is 36.7. The number of carboxylic acids is 1. The molecular formula is C29H52N12O8. The van der Waals surface area contributed by atoms with Crippen molar-refractivity contribution in [3.05, 3.63) is 0 Å². The van der Waals surface area contributed by atoms with E-state index >= 15 is 0 Å². The minimum Gasteiger partial charge on any atom is -0.480 e.